The number of aromatic nitrogens is 4. The molecule has 0 unspecified atom stereocenters. The predicted octanol–water partition coefficient (Wildman–Crippen LogP) is 1.90. The topological polar surface area (TPSA) is 98.0 Å². The lowest BCUT2D eigenvalue weighted by Gasteiger charge is -2.36. The third kappa shape index (κ3) is 3.81. The second-order valence-electron chi connectivity index (χ2n) is 7.70. The van der Waals surface area contributed by atoms with Crippen LogP contribution < -0.4 is 10.6 Å². The number of nitrogen functional groups attached to an aromatic ring is 1. The average molecular weight is 385 g/mol. The summed E-state index contributed by atoms with van der Waals surface area (Å²) in [6.07, 6.45) is 2.61. The third-order valence-corrected chi connectivity index (χ3v) is 5.36. The van der Waals surface area contributed by atoms with Crippen molar-refractivity contribution in [2.75, 3.05) is 50.5 Å². The van der Waals surface area contributed by atoms with Gasteiger partial charge in [0.1, 0.15) is 5.82 Å². The highest BCUT2D eigenvalue weighted by Gasteiger charge is 2.23. The van der Waals surface area contributed by atoms with Gasteiger partial charge in [0.15, 0.2) is 11.4 Å². The van der Waals surface area contributed by atoms with Crippen molar-refractivity contribution in [2.45, 2.75) is 25.9 Å². The Morgan fingerprint density at radius 2 is 2.00 bits per heavy atom. The Balaban J connectivity index is 1.45. The third-order valence-electron chi connectivity index (χ3n) is 5.36. The van der Waals surface area contributed by atoms with E-state index in [1.165, 1.54) is 0 Å². The van der Waals surface area contributed by atoms with Gasteiger partial charge in [-0.25, -0.2) is 4.98 Å². The van der Waals surface area contributed by atoms with Gasteiger partial charge in [-0.05, 0) is 32.4 Å². The molecule has 28 heavy (non-hydrogen) atoms. The second-order valence-corrected chi connectivity index (χ2v) is 7.70. The summed E-state index contributed by atoms with van der Waals surface area (Å²) in [7, 11) is 1.77. The molecule has 2 N–H and O–H groups in total. The molecule has 1 aliphatic heterocycles. The summed E-state index contributed by atoms with van der Waals surface area (Å²) in [4.78, 5) is 13.8. The minimum absolute atomic E-state index is 0.0858. The molecule has 9 nitrogen and oxygen atoms in total. The van der Waals surface area contributed by atoms with Gasteiger partial charge in [-0.1, -0.05) is 0 Å². The predicted molar refractivity (Wildman–Crippen MR) is 107 cm³/mol. The van der Waals surface area contributed by atoms with Crippen LogP contribution in [0, 0.1) is 0 Å². The highest BCUT2D eigenvalue weighted by atomic mass is 16.5. The van der Waals surface area contributed by atoms with E-state index in [-0.39, 0.29) is 5.60 Å². The number of hydrogen-bond acceptors (Lipinski definition) is 8. The van der Waals surface area contributed by atoms with E-state index in [1.807, 2.05) is 12.1 Å². The quantitative estimate of drug-likeness (QED) is 0.687. The molecule has 1 aliphatic rings. The molecule has 9 heteroatoms. The van der Waals surface area contributed by atoms with Crippen LogP contribution in [0.1, 0.15) is 20.3 Å². The van der Waals surface area contributed by atoms with E-state index in [0.29, 0.717) is 23.2 Å². The van der Waals surface area contributed by atoms with Crippen LogP contribution in [0.4, 0.5) is 11.8 Å². The van der Waals surface area contributed by atoms with Crippen molar-refractivity contribution in [1.29, 1.82) is 0 Å². The fourth-order valence-corrected chi connectivity index (χ4v) is 3.30. The van der Waals surface area contributed by atoms with Crippen LogP contribution in [0.5, 0.6) is 0 Å². The minimum Gasteiger partial charge on any atom is -0.461 e. The van der Waals surface area contributed by atoms with E-state index in [1.54, 1.807) is 24.0 Å². The molecule has 0 spiro atoms. The first-order valence-corrected chi connectivity index (χ1v) is 9.55. The fraction of sp³-hybridized carbons (Fsp3) is 0.526. The molecule has 0 bridgehead atoms. The van der Waals surface area contributed by atoms with Crippen LogP contribution in [0.15, 0.2) is 28.9 Å². The van der Waals surface area contributed by atoms with Crippen molar-refractivity contribution in [3.8, 4) is 11.6 Å². The second kappa shape index (κ2) is 7.40. The first-order chi connectivity index (χ1) is 13.4. The van der Waals surface area contributed by atoms with E-state index in [4.69, 9.17) is 14.9 Å². The molecular weight excluding hydrogens is 358 g/mol. The number of anilines is 2. The van der Waals surface area contributed by atoms with E-state index < -0.39 is 0 Å². The molecule has 4 rings (SSSR count). The lowest BCUT2D eigenvalue weighted by Crippen LogP contribution is -2.48. The van der Waals surface area contributed by atoms with Crippen LogP contribution in [-0.2, 0) is 4.74 Å². The van der Waals surface area contributed by atoms with Crippen molar-refractivity contribution < 1.29 is 9.15 Å². The normalized spacial score (nSPS) is 16.2. The molecule has 1 fully saturated rings. The number of piperazine rings is 1. The summed E-state index contributed by atoms with van der Waals surface area (Å²) in [5, 5.41) is 4.39. The maximum atomic E-state index is 6.14. The summed E-state index contributed by atoms with van der Waals surface area (Å²) in [6.45, 7) is 9.04. The highest BCUT2D eigenvalue weighted by Crippen LogP contribution is 2.22. The average Bonchev–Trinajstić information content (AvgIpc) is 3.36. The Kier molecular flexibility index (Phi) is 4.94. The maximum Gasteiger partial charge on any atom is 0.225 e. The molecule has 4 heterocycles. The zero-order chi connectivity index (χ0) is 19.7. The Labute approximate surface area is 164 Å². The van der Waals surface area contributed by atoms with Gasteiger partial charge in [-0.3, -0.25) is 4.90 Å². The van der Waals surface area contributed by atoms with E-state index >= 15 is 0 Å². The number of fused-ring (bicyclic) bond motifs is 1. The molecule has 0 saturated carbocycles. The smallest absolute Gasteiger partial charge is 0.225 e. The van der Waals surface area contributed by atoms with Crippen LogP contribution >= 0.6 is 0 Å². The number of nitrogens with zero attached hydrogens (tertiary/aromatic N) is 6. The molecule has 0 atom stereocenters. The monoisotopic (exact) mass is 385 g/mol. The molecular formula is C19H27N7O2. The largest absolute Gasteiger partial charge is 0.461 e. The molecule has 150 valence electrons. The Bertz CT molecular complexity index is 927. The van der Waals surface area contributed by atoms with Crippen molar-refractivity contribution in [3.05, 3.63) is 24.5 Å². The number of rotatable bonds is 6. The van der Waals surface area contributed by atoms with Crippen LogP contribution in [0.25, 0.3) is 17.2 Å². The SMILES string of the molecule is COC(C)(C)CCN1CCN(c2cc3nc(-c4ccco4)nn3c(N)n2)CC1. The number of hydrogen-bond donors (Lipinski definition) is 1. The van der Waals surface area contributed by atoms with Gasteiger partial charge < -0.3 is 19.8 Å². The zero-order valence-corrected chi connectivity index (χ0v) is 16.6. The van der Waals surface area contributed by atoms with Gasteiger partial charge in [-0.2, -0.15) is 9.50 Å². The lowest BCUT2D eigenvalue weighted by molar-refractivity contribution is 0.00706. The molecule has 3 aromatic heterocycles. The van der Waals surface area contributed by atoms with Gasteiger partial charge in [0, 0.05) is 45.9 Å². The first-order valence-electron chi connectivity index (χ1n) is 9.55. The van der Waals surface area contributed by atoms with Crippen molar-refractivity contribution in [2.24, 2.45) is 0 Å². The van der Waals surface area contributed by atoms with Crippen molar-refractivity contribution >= 4 is 17.4 Å². The van der Waals surface area contributed by atoms with Gasteiger partial charge >= 0.3 is 0 Å². The maximum absolute atomic E-state index is 6.14. The van der Waals surface area contributed by atoms with Crippen LogP contribution in [-0.4, -0.2) is 69.9 Å². The Hall–Kier alpha value is -2.65. The van der Waals surface area contributed by atoms with Gasteiger partial charge in [0.05, 0.1) is 11.9 Å². The molecule has 0 aliphatic carbocycles. The fourth-order valence-electron chi connectivity index (χ4n) is 3.30. The lowest BCUT2D eigenvalue weighted by atomic mass is 10.0. The van der Waals surface area contributed by atoms with E-state index in [2.05, 4.69) is 38.7 Å². The minimum atomic E-state index is -0.0858. The zero-order valence-electron chi connectivity index (χ0n) is 16.6. The number of furan rings is 1. The van der Waals surface area contributed by atoms with E-state index in [9.17, 15) is 0 Å². The summed E-state index contributed by atoms with van der Waals surface area (Å²) < 4.78 is 12.4. The Morgan fingerprint density at radius 1 is 1.21 bits per heavy atom. The Morgan fingerprint density at radius 3 is 2.68 bits per heavy atom. The summed E-state index contributed by atoms with van der Waals surface area (Å²) in [5.41, 5.74) is 6.72. The molecule has 0 radical (unpaired) electrons. The summed E-state index contributed by atoms with van der Waals surface area (Å²) in [5.74, 6) is 2.26. The van der Waals surface area contributed by atoms with E-state index in [0.717, 1.165) is 45.0 Å². The molecule has 0 aromatic carbocycles. The van der Waals surface area contributed by atoms with Crippen molar-refractivity contribution in [3.63, 3.8) is 0 Å². The van der Waals surface area contributed by atoms with Crippen molar-refractivity contribution in [1.82, 2.24) is 24.5 Å². The number of ether oxygens (including phenoxy) is 1. The number of nitrogens with two attached hydrogens (primary N) is 1. The molecule has 1 saturated heterocycles. The first kappa shape index (κ1) is 18.7. The molecule has 3 aromatic rings. The number of methoxy groups -OCH3 is 1. The summed E-state index contributed by atoms with van der Waals surface area (Å²) in [6, 6.07) is 5.56. The standard InChI is InChI=1S/C19H27N7O2/c1-19(2,27-3)6-7-24-8-10-25(11-9-24)15-13-16-21-17(14-5-4-12-28-14)23-26(16)18(20)22-15/h4-5,12-13H,6-11H2,1-3H3,(H2,20,22). The van der Waals surface area contributed by atoms with Crippen LogP contribution in [0.2, 0.25) is 0 Å². The van der Waals surface area contributed by atoms with Gasteiger partial charge in [0.25, 0.3) is 0 Å². The van der Waals surface area contributed by atoms with Gasteiger partial charge in [0.2, 0.25) is 11.8 Å². The molecule has 0 amide bonds. The summed E-state index contributed by atoms with van der Waals surface area (Å²) >= 11 is 0. The van der Waals surface area contributed by atoms with Gasteiger partial charge in [-0.15, -0.1) is 5.10 Å². The van der Waals surface area contributed by atoms with Crippen LogP contribution in [0.3, 0.4) is 0 Å². The highest BCUT2D eigenvalue weighted by molar-refractivity contribution is 5.59.